The van der Waals surface area contributed by atoms with Crippen molar-refractivity contribution in [2.24, 2.45) is 4.99 Å². The van der Waals surface area contributed by atoms with E-state index in [9.17, 15) is 0 Å². The minimum atomic E-state index is -0.170. The summed E-state index contributed by atoms with van der Waals surface area (Å²) in [5.74, 6) is 1.88. The second kappa shape index (κ2) is 8.57. The average Bonchev–Trinajstić information content (AvgIpc) is 3.69. The zero-order valence-corrected chi connectivity index (χ0v) is 19.8. The smallest absolute Gasteiger partial charge is 0.129 e. The van der Waals surface area contributed by atoms with E-state index in [2.05, 4.69) is 44.1 Å². The number of nitrogens with one attached hydrogen (secondary N) is 4. The van der Waals surface area contributed by atoms with Gasteiger partial charge in [0.2, 0.25) is 0 Å². The number of H-pyrrole nitrogens is 1. The van der Waals surface area contributed by atoms with Crippen LogP contribution in [0.3, 0.4) is 0 Å². The number of halogens is 1. The van der Waals surface area contributed by atoms with Crippen molar-refractivity contribution in [3.05, 3.63) is 64.9 Å². The van der Waals surface area contributed by atoms with Crippen molar-refractivity contribution < 1.29 is 4.39 Å². The molecule has 0 amide bonds. The van der Waals surface area contributed by atoms with Crippen molar-refractivity contribution in [2.75, 3.05) is 19.6 Å². The molecule has 2 aromatic carbocycles. The third-order valence-corrected chi connectivity index (χ3v) is 8.06. The average molecular weight is 471 g/mol. The first-order valence-electron chi connectivity index (χ1n) is 13.0. The Balaban J connectivity index is 1.12. The zero-order valence-electron chi connectivity index (χ0n) is 19.8. The maximum Gasteiger partial charge on any atom is 0.129 e. The summed E-state index contributed by atoms with van der Waals surface area (Å²) < 4.78 is 15.3. The lowest BCUT2D eigenvalue weighted by molar-refractivity contribution is 0.575. The van der Waals surface area contributed by atoms with E-state index in [1.54, 1.807) is 6.07 Å². The van der Waals surface area contributed by atoms with Crippen LogP contribution in [0.5, 0.6) is 0 Å². The van der Waals surface area contributed by atoms with Crippen LogP contribution < -0.4 is 16.0 Å². The van der Waals surface area contributed by atoms with Gasteiger partial charge in [0, 0.05) is 16.8 Å². The predicted molar refractivity (Wildman–Crippen MR) is 136 cm³/mol. The summed E-state index contributed by atoms with van der Waals surface area (Å²) in [5, 5.41) is 10.5. The normalized spacial score (nSPS) is 25.3. The van der Waals surface area contributed by atoms with E-state index in [4.69, 9.17) is 4.98 Å². The van der Waals surface area contributed by atoms with E-state index in [1.165, 1.54) is 29.7 Å². The Labute approximate surface area is 204 Å². The number of rotatable bonds is 4. The second-order valence-corrected chi connectivity index (χ2v) is 10.3. The molecule has 7 heteroatoms. The van der Waals surface area contributed by atoms with Gasteiger partial charge in [0.15, 0.2) is 0 Å². The van der Waals surface area contributed by atoms with E-state index < -0.39 is 0 Å². The van der Waals surface area contributed by atoms with Crippen molar-refractivity contribution in [3.63, 3.8) is 0 Å². The topological polar surface area (TPSA) is 77.1 Å². The number of fused-ring (bicyclic) bond motifs is 3. The molecular weight excluding hydrogens is 439 g/mol. The Bertz CT molecular complexity index is 1300. The zero-order chi connectivity index (χ0) is 23.4. The van der Waals surface area contributed by atoms with Crippen LogP contribution in [0.15, 0.2) is 41.4 Å². The molecule has 7 rings (SSSR count). The van der Waals surface area contributed by atoms with Crippen LogP contribution in [-0.4, -0.2) is 41.5 Å². The molecule has 1 aliphatic carbocycles. The minimum Gasteiger partial charge on any atom is -0.364 e. The van der Waals surface area contributed by atoms with Crippen molar-refractivity contribution in [3.8, 4) is 22.4 Å². The standard InChI is InChI=1S/C28H31FN6/c29-21-14-17(6-9-20(21)25-15-32-27(34-25)23-3-1-11-30-23)16-5-8-19-18(13-16)7-10-22-26(19)35-28(33-22)24-4-2-12-31-24/h5-6,8-9,13-14,23-25,30-31H,1-4,7,10-12,15H2,(H,32,34)(H,33,35)/t23-,24-,25?/m0/s1. The second-order valence-electron chi connectivity index (χ2n) is 10.3. The van der Waals surface area contributed by atoms with Gasteiger partial charge in [-0.3, -0.25) is 4.99 Å². The molecule has 0 radical (unpaired) electrons. The van der Waals surface area contributed by atoms with Gasteiger partial charge in [-0.25, -0.2) is 9.37 Å². The van der Waals surface area contributed by atoms with Crippen LogP contribution in [0.2, 0.25) is 0 Å². The van der Waals surface area contributed by atoms with Crippen LogP contribution in [0.1, 0.15) is 60.4 Å². The van der Waals surface area contributed by atoms with Gasteiger partial charge >= 0.3 is 0 Å². The molecule has 35 heavy (non-hydrogen) atoms. The van der Waals surface area contributed by atoms with Crippen molar-refractivity contribution >= 4 is 5.84 Å². The fourth-order valence-electron chi connectivity index (χ4n) is 6.14. The molecule has 0 saturated carbocycles. The van der Waals surface area contributed by atoms with E-state index in [-0.39, 0.29) is 11.9 Å². The quantitative estimate of drug-likeness (QED) is 0.461. The molecular formula is C28H31FN6. The van der Waals surface area contributed by atoms with Gasteiger partial charge in [-0.2, -0.15) is 0 Å². The van der Waals surface area contributed by atoms with Gasteiger partial charge in [0.05, 0.1) is 30.4 Å². The maximum absolute atomic E-state index is 15.3. The minimum absolute atomic E-state index is 0.0911. The number of hydrogen-bond donors (Lipinski definition) is 4. The summed E-state index contributed by atoms with van der Waals surface area (Å²) in [4.78, 5) is 13.2. The number of hydrogen-bond acceptors (Lipinski definition) is 5. The van der Waals surface area contributed by atoms with Crippen LogP contribution in [0, 0.1) is 5.82 Å². The van der Waals surface area contributed by atoms with Crippen LogP contribution in [0.25, 0.3) is 22.4 Å². The molecule has 4 aliphatic rings. The van der Waals surface area contributed by atoms with E-state index >= 15 is 4.39 Å². The van der Waals surface area contributed by atoms with Crippen LogP contribution in [0.4, 0.5) is 4.39 Å². The lowest BCUT2D eigenvalue weighted by Crippen LogP contribution is -2.39. The molecule has 180 valence electrons. The number of amidine groups is 1. The van der Waals surface area contributed by atoms with Crippen molar-refractivity contribution in [1.82, 2.24) is 25.9 Å². The van der Waals surface area contributed by atoms with Crippen molar-refractivity contribution in [2.45, 2.75) is 56.7 Å². The van der Waals surface area contributed by atoms with Gasteiger partial charge in [-0.15, -0.1) is 0 Å². The van der Waals surface area contributed by atoms with E-state index in [1.807, 2.05) is 12.1 Å². The predicted octanol–water partition coefficient (Wildman–Crippen LogP) is 4.20. The van der Waals surface area contributed by atoms with Gasteiger partial charge in [0.25, 0.3) is 0 Å². The fraction of sp³-hybridized carbons (Fsp3) is 0.429. The number of aryl methyl sites for hydroxylation is 2. The van der Waals surface area contributed by atoms with Gasteiger partial charge < -0.3 is 20.9 Å². The molecule has 2 saturated heterocycles. The molecule has 1 aromatic heterocycles. The molecule has 0 bridgehead atoms. The van der Waals surface area contributed by atoms with Crippen LogP contribution >= 0.6 is 0 Å². The van der Waals surface area contributed by atoms with Gasteiger partial charge in [-0.1, -0.05) is 30.3 Å². The molecule has 3 aliphatic heterocycles. The summed E-state index contributed by atoms with van der Waals surface area (Å²) in [5.41, 5.74) is 7.47. The Morgan fingerprint density at radius 2 is 1.66 bits per heavy atom. The van der Waals surface area contributed by atoms with Gasteiger partial charge in [-0.05, 0) is 74.4 Å². The lowest BCUT2D eigenvalue weighted by Gasteiger charge is -2.18. The molecule has 3 aromatic rings. The number of nitrogens with zero attached hydrogens (tertiary/aromatic N) is 2. The van der Waals surface area contributed by atoms with Gasteiger partial charge in [0.1, 0.15) is 17.5 Å². The summed E-state index contributed by atoms with van der Waals surface area (Å²) >= 11 is 0. The summed E-state index contributed by atoms with van der Waals surface area (Å²) in [7, 11) is 0. The van der Waals surface area contributed by atoms with E-state index in [0.717, 1.165) is 67.3 Å². The number of imidazole rings is 1. The highest BCUT2D eigenvalue weighted by atomic mass is 19.1. The molecule has 1 unspecified atom stereocenters. The van der Waals surface area contributed by atoms with Crippen LogP contribution in [-0.2, 0) is 12.8 Å². The largest absolute Gasteiger partial charge is 0.364 e. The fourth-order valence-corrected chi connectivity index (χ4v) is 6.14. The number of aliphatic imine (C=N–C) groups is 1. The number of aromatic nitrogens is 2. The highest BCUT2D eigenvalue weighted by molar-refractivity contribution is 5.89. The Morgan fingerprint density at radius 1 is 0.857 bits per heavy atom. The summed E-state index contributed by atoms with van der Waals surface area (Å²) in [6.07, 6.45) is 6.54. The first kappa shape index (κ1) is 21.3. The highest BCUT2D eigenvalue weighted by Crippen LogP contribution is 2.37. The number of benzene rings is 2. The molecule has 6 nitrogen and oxygen atoms in total. The molecule has 3 atom stereocenters. The van der Waals surface area contributed by atoms with E-state index in [0.29, 0.717) is 24.2 Å². The Hall–Kier alpha value is -3.03. The monoisotopic (exact) mass is 470 g/mol. The molecule has 4 heterocycles. The summed E-state index contributed by atoms with van der Waals surface area (Å²) in [6, 6.07) is 12.7. The molecule has 0 spiro atoms. The Morgan fingerprint density at radius 3 is 2.46 bits per heavy atom. The number of aromatic amines is 1. The third kappa shape index (κ3) is 3.78. The Kier molecular flexibility index (Phi) is 5.21. The molecule has 4 N–H and O–H groups in total. The first-order chi connectivity index (χ1) is 17.2. The molecule has 2 fully saturated rings. The summed E-state index contributed by atoms with van der Waals surface area (Å²) in [6.45, 7) is 2.68. The van der Waals surface area contributed by atoms with Crippen molar-refractivity contribution in [1.29, 1.82) is 0 Å². The highest BCUT2D eigenvalue weighted by Gasteiger charge is 2.29. The third-order valence-electron chi connectivity index (χ3n) is 8.06. The lowest BCUT2D eigenvalue weighted by atomic mass is 9.89. The maximum atomic E-state index is 15.3. The first-order valence-corrected chi connectivity index (χ1v) is 13.0. The SMILES string of the molecule is Fc1cc(-c2ccc3c(c2)CCc2[nH]c([C@@H]4CCCN4)nc2-3)ccc1C1CN=C([C@@H]2CCCN2)N1.